The molecule has 0 spiro atoms. The van der Waals surface area contributed by atoms with Crippen molar-refractivity contribution in [3.8, 4) is 0 Å². The Balaban J connectivity index is 1.95. The first kappa shape index (κ1) is 21.9. The summed E-state index contributed by atoms with van der Waals surface area (Å²) in [6, 6.07) is 10.0. The lowest BCUT2D eigenvalue weighted by Crippen LogP contribution is -2.44. The van der Waals surface area contributed by atoms with Crippen molar-refractivity contribution in [2.24, 2.45) is 0 Å². The van der Waals surface area contributed by atoms with E-state index in [0.717, 1.165) is 50.8 Å². The van der Waals surface area contributed by atoms with Crippen molar-refractivity contribution in [1.82, 2.24) is 4.90 Å². The minimum absolute atomic E-state index is 0.161. The van der Waals surface area contributed by atoms with Gasteiger partial charge in [0.05, 0.1) is 24.7 Å². The maximum Gasteiger partial charge on any atom is 0.232 e. The van der Waals surface area contributed by atoms with Crippen molar-refractivity contribution in [1.29, 1.82) is 0 Å². The van der Waals surface area contributed by atoms with Gasteiger partial charge in [0.2, 0.25) is 5.91 Å². The molecule has 0 saturated carbocycles. The van der Waals surface area contributed by atoms with E-state index in [2.05, 4.69) is 13.8 Å². The molecule has 1 heterocycles. The van der Waals surface area contributed by atoms with Crippen LogP contribution < -0.4 is 0 Å². The van der Waals surface area contributed by atoms with Crippen LogP contribution in [0.5, 0.6) is 0 Å². The van der Waals surface area contributed by atoms with Gasteiger partial charge in [0.1, 0.15) is 6.79 Å². The topological polar surface area (TPSA) is 48.0 Å². The third-order valence-electron chi connectivity index (χ3n) is 5.19. The fourth-order valence-electron chi connectivity index (χ4n) is 3.46. The largest absolute Gasteiger partial charge is 0.377 e. The van der Waals surface area contributed by atoms with Crippen LogP contribution in [0.2, 0.25) is 0 Å². The molecule has 0 aliphatic carbocycles. The summed E-state index contributed by atoms with van der Waals surface area (Å²) in [6.07, 6.45) is 5.41. The van der Waals surface area contributed by atoms with Gasteiger partial charge in [-0.2, -0.15) is 0 Å². The molecule has 2 rings (SSSR count). The first-order valence-corrected chi connectivity index (χ1v) is 10.2. The fourth-order valence-corrected chi connectivity index (χ4v) is 3.46. The van der Waals surface area contributed by atoms with Crippen LogP contribution in [0.3, 0.4) is 0 Å². The second-order valence-electron chi connectivity index (χ2n) is 7.35. The minimum atomic E-state index is -0.244. The van der Waals surface area contributed by atoms with Crippen LogP contribution in [0.4, 0.5) is 0 Å². The number of carbonyl (C=O) groups excluding carboxylic acids is 1. The maximum absolute atomic E-state index is 13.2. The smallest absolute Gasteiger partial charge is 0.232 e. The summed E-state index contributed by atoms with van der Waals surface area (Å²) in [4.78, 5) is 15.2. The Morgan fingerprint density at radius 3 is 2.56 bits per heavy atom. The summed E-state index contributed by atoms with van der Waals surface area (Å²) in [6.45, 7) is 6.48. The molecular formula is C22H35NO4. The molecule has 2 atom stereocenters. The van der Waals surface area contributed by atoms with E-state index in [1.54, 1.807) is 7.11 Å². The molecular weight excluding hydrogens is 342 g/mol. The highest BCUT2D eigenvalue weighted by Gasteiger charge is 2.30. The summed E-state index contributed by atoms with van der Waals surface area (Å²) in [5.41, 5.74) is 1.03. The zero-order valence-electron chi connectivity index (χ0n) is 17.1. The molecule has 5 heteroatoms. The van der Waals surface area contributed by atoms with Gasteiger partial charge in [0.25, 0.3) is 0 Å². The monoisotopic (exact) mass is 377 g/mol. The zero-order valence-corrected chi connectivity index (χ0v) is 17.1. The Bertz CT molecular complexity index is 528. The predicted octanol–water partition coefficient (Wildman–Crippen LogP) is 3.98. The molecule has 0 N–H and O–H groups in total. The number of carbonyl (C=O) groups is 1. The number of unbranched alkanes of at least 4 members (excludes halogenated alkanes) is 1. The summed E-state index contributed by atoms with van der Waals surface area (Å²) in [5.74, 6) is -0.0826. The molecule has 1 aromatic carbocycles. The Morgan fingerprint density at radius 2 is 1.93 bits per heavy atom. The van der Waals surface area contributed by atoms with Gasteiger partial charge in [-0.3, -0.25) is 4.79 Å². The van der Waals surface area contributed by atoms with Gasteiger partial charge in [0, 0.05) is 20.2 Å². The second-order valence-corrected chi connectivity index (χ2v) is 7.35. The van der Waals surface area contributed by atoms with Crippen LogP contribution in [-0.4, -0.2) is 56.6 Å². The third-order valence-corrected chi connectivity index (χ3v) is 5.19. The summed E-state index contributed by atoms with van der Waals surface area (Å²) in [5, 5.41) is 0. The van der Waals surface area contributed by atoms with Crippen molar-refractivity contribution >= 4 is 5.91 Å². The number of ether oxygens (including phenoxy) is 3. The number of rotatable bonds is 11. The van der Waals surface area contributed by atoms with Gasteiger partial charge in [0.15, 0.2) is 0 Å². The Labute approximate surface area is 164 Å². The van der Waals surface area contributed by atoms with Gasteiger partial charge in [-0.05, 0) is 31.7 Å². The van der Waals surface area contributed by atoms with E-state index < -0.39 is 0 Å². The molecule has 0 aromatic heterocycles. The Hall–Kier alpha value is -1.43. The van der Waals surface area contributed by atoms with Crippen LogP contribution >= 0.6 is 0 Å². The quantitative estimate of drug-likeness (QED) is 0.547. The molecule has 1 unspecified atom stereocenters. The zero-order chi connectivity index (χ0) is 19.5. The predicted molar refractivity (Wildman–Crippen MR) is 107 cm³/mol. The number of likely N-dealkylation sites (tertiary alicyclic amines) is 1. The number of benzene rings is 1. The van der Waals surface area contributed by atoms with E-state index in [4.69, 9.17) is 14.2 Å². The van der Waals surface area contributed by atoms with Gasteiger partial charge in [-0.25, -0.2) is 0 Å². The van der Waals surface area contributed by atoms with E-state index in [-0.39, 0.29) is 24.0 Å². The highest BCUT2D eigenvalue weighted by Crippen LogP contribution is 2.23. The highest BCUT2D eigenvalue weighted by molar-refractivity contribution is 5.84. The van der Waals surface area contributed by atoms with E-state index in [0.29, 0.717) is 13.4 Å². The number of piperidine rings is 1. The number of amides is 1. The van der Waals surface area contributed by atoms with Crippen molar-refractivity contribution in [2.45, 2.75) is 64.1 Å². The fraction of sp³-hybridized carbons (Fsp3) is 0.682. The van der Waals surface area contributed by atoms with E-state index >= 15 is 0 Å². The van der Waals surface area contributed by atoms with Crippen molar-refractivity contribution in [2.75, 3.05) is 33.6 Å². The lowest BCUT2D eigenvalue weighted by molar-refractivity contribution is -0.139. The molecule has 1 aliphatic heterocycles. The van der Waals surface area contributed by atoms with Crippen LogP contribution in [0, 0.1) is 0 Å². The van der Waals surface area contributed by atoms with Gasteiger partial charge < -0.3 is 19.1 Å². The third kappa shape index (κ3) is 7.24. The summed E-state index contributed by atoms with van der Waals surface area (Å²) < 4.78 is 16.7. The van der Waals surface area contributed by atoms with Crippen LogP contribution in [0.15, 0.2) is 30.3 Å². The normalized spacial score (nSPS) is 17.7. The lowest BCUT2D eigenvalue weighted by Gasteiger charge is -2.34. The highest BCUT2D eigenvalue weighted by atomic mass is 16.7. The molecule has 1 fully saturated rings. The van der Waals surface area contributed by atoms with Gasteiger partial charge in [-0.1, -0.05) is 50.1 Å². The molecule has 1 aliphatic rings. The molecule has 1 amide bonds. The number of hydrogen-bond acceptors (Lipinski definition) is 4. The van der Waals surface area contributed by atoms with Gasteiger partial charge >= 0.3 is 0 Å². The molecule has 152 valence electrons. The average molecular weight is 378 g/mol. The molecule has 0 radical (unpaired) electrons. The summed E-state index contributed by atoms with van der Waals surface area (Å²) in [7, 11) is 1.63. The van der Waals surface area contributed by atoms with Crippen LogP contribution in [0.25, 0.3) is 0 Å². The van der Waals surface area contributed by atoms with Crippen molar-refractivity contribution in [3.63, 3.8) is 0 Å². The molecule has 5 nitrogen and oxygen atoms in total. The van der Waals surface area contributed by atoms with E-state index in [1.165, 1.54) is 0 Å². The number of nitrogens with zero attached hydrogens (tertiary/aromatic N) is 1. The molecule has 0 bridgehead atoms. The maximum atomic E-state index is 13.2. The molecule has 1 saturated heterocycles. The van der Waals surface area contributed by atoms with E-state index in [9.17, 15) is 4.79 Å². The van der Waals surface area contributed by atoms with Crippen LogP contribution in [0.1, 0.15) is 57.4 Å². The first-order valence-electron chi connectivity index (χ1n) is 10.2. The molecule has 1 aromatic rings. The average Bonchev–Trinajstić information content (AvgIpc) is 2.71. The minimum Gasteiger partial charge on any atom is -0.377 e. The lowest BCUT2D eigenvalue weighted by atomic mass is 9.96. The summed E-state index contributed by atoms with van der Waals surface area (Å²) >= 11 is 0. The van der Waals surface area contributed by atoms with Crippen molar-refractivity contribution < 1.29 is 19.0 Å². The Morgan fingerprint density at radius 1 is 1.22 bits per heavy atom. The Kier molecular flexibility index (Phi) is 9.81. The van der Waals surface area contributed by atoms with E-state index in [1.807, 2.05) is 35.2 Å². The second kappa shape index (κ2) is 12.1. The molecule has 27 heavy (non-hydrogen) atoms. The van der Waals surface area contributed by atoms with Gasteiger partial charge in [-0.15, -0.1) is 0 Å². The number of methoxy groups -OCH3 is 1. The number of hydrogen-bond donors (Lipinski definition) is 0. The van der Waals surface area contributed by atoms with Crippen LogP contribution in [-0.2, 0) is 19.0 Å². The SMILES string of the molecule is CCCC[C@H](C)OCC(C(=O)N1CCC(OCOC)CC1)c1ccccc1. The first-order chi connectivity index (χ1) is 13.2. The van der Waals surface area contributed by atoms with Crippen molar-refractivity contribution in [3.05, 3.63) is 35.9 Å². The standard InChI is InChI=1S/C22H35NO4/c1-4-5-9-18(2)26-16-21(19-10-7-6-8-11-19)22(24)23-14-12-20(13-15-23)27-17-25-3/h6-8,10-11,18,20-21H,4-5,9,12-17H2,1-3H3/t18-,21?/m0/s1.